The summed E-state index contributed by atoms with van der Waals surface area (Å²) in [4.78, 5) is 11.4. The summed E-state index contributed by atoms with van der Waals surface area (Å²) < 4.78 is 8.55. The molecule has 15 heavy (non-hydrogen) atoms. The molecule has 0 radical (unpaired) electrons. The van der Waals surface area contributed by atoms with Crippen molar-refractivity contribution in [3.8, 4) is 0 Å². The van der Waals surface area contributed by atoms with Gasteiger partial charge in [-0.3, -0.25) is 0 Å². The van der Waals surface area contributed by atoms with Crippen molar-refractivity contribution < 1.29 is 9.53 Å². The van der Waals surface area contributed by atoms with Crippen molar-refractivity contribution >= 4 is 28.3 Å². The van der Waals surface area contributed by atoms with Gasteiger partial charge in [0.2, 0.25) is 0 Å². The number of nitrogens with zero attached hydrogens (tertiary/aromatic N) is 1. The molecule has 0 aliphatic rings. The van der Waals surface area contributed by atoms with Gasteiger partial charge in [-0.25, -0.2) is 4.79 Å². The van der Waals surface area contributed by atoms with Gasteiger partial charge in [0.05, 0.1) is 7.11 Å². The van der Waals surface area contributed by atoms with E-state index < -0.39 is 5.97 Å². The number of carbonyl (C=O) groups is 1. The van der Waals surface area contributed by atoms with Gasteiger partial charge >= 0.3 is 5.97 Å². The van der Waals surface area contributed by atoms with Crippen molar-refractivity contribution in [3.63, 3.8) is 0 Å². The molecule has 0 bridgehead atoms. The van der Waals surface area contributed by atoms with E-state index in [0.29, 0.717) is 16.5 Å². The van der Waals surface area contributed by atoms with Crippen LogP contribution < -0.4 is 11.1 Å². The Balaban J connectivity index is 2.84. The van der Waals surface area contributed by atoms with Gasteiger partial charge in [-0.2, -0.15) is 4.37 Å². The van der Waals surface area contributed by atoms with Gasteiger partial charge in [0, 0.05) is 6.54 Å². The van der Waals surface area contributed by atoms with E-state index in [1.807, 2.05) is 0 Å². The van der Waals surface area contributed by atoms with Crippen LogP contribution in [0.2, 0.25) is 0 Å². The fraction of sp³-hybridized carbons (Fsp3) is 0.556. The topological polar surface area (TPSA) is 77.2 Å². The van der Waals surface area contributed by atoms with Gasteiger partial charge in [0.1, 0.15) is 10.6 Å². The van der Waals surface area contributed by atoms with Crippen molar-refractivity contribution in [1.29, 1.82) is 0 Å². The highest BCUT2D eigenvalue weighted by Crippen LogP contribution is 2.27. The number of hydrogen-bond donors (Lipinski definition) is 2. The molecule has 84 valence electrons. The number of hydrogen-bond acceptors (Lipinski definition) is 6. The Labute approximate surface area is 92.8 Å². The zero-order valence-electron chi connectivity index (χ0n) is 9.03. The average molecular weight is 229 g/mol. The quantitative estimate of drug-likeness (QED) is 0.766. The molecule has 1 aromatic rings. The molecule has 1 heterocycles. The first-order valence-corrected chi connectivity index (χ1v) is 5.41. The third kappa shape index (κ3) is 2.82. The van der Waals surface area contributed by atoms with E-state index >= 15 is 0 Å². The van der Waals surface area contributed by atoms with E-state index in [4.69, 9.17) is 5.73 Å². The Hall–Kier alpha value is -1.30. The highest BCUT2D eigenvalue weighted by atomic mass is 32.1. The summed E-state index contributed by atoms with van der Waals surface area (Å²) in [6.07, 6.45) is 0. The second-order valence-corrected chi connectivity index (χ2v) is 4.31. The van der Waals surface area contributed by atoms with Crippen molar-refractivity contribution in [1.82, 2.24) is 4.37 Å². The number of nitrogens with one attached hydrogen (secondary N) is 1. The summed E-state index contributed by atoms with van der Waals surface area (Å²) in [5.74, 6) is 0.254. The van der Waals surface area contributed by atoms with Crippen LogP contribution in [0.15, 0.2) is 0 Å². The molecule has 6 heteroatoms. The third-order valence-corrected chi connectivity index (χ3v) is 2.60. The molecule has 1 rings (SSSR count). The Morgan fingerprint density at radius 2 is 2.33 bits per heavy atom. The molecule has 0 atom stereocenters. The summed E-state index contributed by atoms with van der Waals surface area (Å²) in [6.45, 7) is 4.93. The highest BCUT2D eigenvalue weighted by molar-refractivity contribution is 7.11. The van der Waals surface area contributed by atoms with E-state index in [-0.39, 0.29) is 5.82 Å². The lowest BCUT2D eigenvalue weighted by Gasteiger charge is -2.07. The molecule has 3 N–H and O–H groups in total. The highest BCUT2D eigenvalue weighted by Gasteiger charge is 2.19. The summed E-state index contributed by atoms with van der Waals surface area (Å²) in [7, 11) is 1.33. The number of esters is 1. The lowest BCUT2D eigenvalue weighted by atomic mass is 10.2. The van der Waals surface area contributed by atoms with Crippen LogP contribution in [0.4, 0.5) is 10.8 Å². The predicted molar refractivity (Wildman–Crippen MR) is 61.2 cm³/mol. The molecule has 1 aromatic heterocycles. The molecule has 0 saturated heterocycles. The van der Waals surface area contributed by atoms with Gasteiger partial charge in [0.15, 0.2) is 5.82 Å². The molecule has 0 aromatic carbocycles. The van der Waals surface area contributed by atoms with Crippen LogP contribution in [0.25, 0.3) is 0 Å². The first-order chi connectivity index (χ1) is 7.06. The molecular formula is C9H15N3O2S. The molecule has 0 aliphatic carbocycles. The van der Waals surface area contributed by atoms with Crippen LogP contribution in [0, 0.1) is 5.92 Å². The van der Waals surface area contributed by atoms with Crippen LogP contribution >= 0.6 is 11.5 Å². The normalized spacial score (nSPS) is 10.4. The van der Waals surface area contributed by atoms with Gasteiger partial charge in [-0.05, 0) is 17.5 Å². The van der Waals surface area contributed by atoms with Crippen LogP contribution in [0.5, 0.6) is 0 Å². The number of rotatable bonds is 4. The maximum Gasteiger partial charge on any atom is 0.344 e. The van der Waals surface area contributed by atoms with E-state index in [0.717, 1.165) is 6.54 Å². The van der Waals surface area contributed by atoms with Gasteiger partial charge in [-0.1, -0.05) is 13.8 Å². The maximum absolute atomic E-state index is 11.4. The predicted octanol–water partition coefficient (Wildman–Crippen LogP) is 1.58. The van der Waals surface area contributed by atoms with E-state index in [1.54, 1.807) is 0 Å². The first-order valence-electron chi connectivity index (χ1n) is 4.63. The second kappa shape index (κ2) is 4.97. The Bertz CT molecular complexity index is 349. The van der Waals surface area contributed by atoms with Crippen LogP contribution in [0.1, 0.15) is 24.2 Å². The lowest BCUT2D eigenvalue weighted by Crippen LogP contribution is -2.11. The Morgan fingerprint density at radius 3 is 2.87 bits per heavy atom. The maximum atomic E-state index is 11.4. The Morgan fingerprint density at radius 1 is 1.67 bits per heavy atom. The first kappa shape index (κ1) is 11.8. The summed E-state index contributed by atoms with van der Waals surface area (Å²) in [6, 6.07) is 0. The number of ether oxygens (including phenoxy) is 1. The van der Waals surface area contributed by atoms with Gasteiger partial charge in [0.25, 0.3) is 0 Å². The minimum atomic E-state index is -0.451. The molecule has 0 saturated carbocycles. The van der Waals surface area contributed by atoms with E-state index in [2.05, 4.69) is 28.3 Å². The Kier molecular flexibility index (Phi) is 3.90. The molecule has 0 amide bonds. The van der Waals surface area contributed by atoms with Gasteiger partial charge in [-0.15, -0.1) is 0 Å². The summed E-state index contributed by atoms with van der Waals surface area (Å²) in [5.41, 5.74) is 5.92. The van der Waals surface area contributed by atoms with Gasteiger partial charge < -0.3 is 15.8 Å². The SMILES string of the molecule is COC(=O)c1c(N)nsc1NCC(C)C. The van der Waals surface area contributed by atoms with Crippen LogP contribution in [0.3, 0.4) is 0 Å². The van der Waals surface area contributed by atoms with E-state index in [1.165, 1.54) is 18.6 Å². The van der Waals surface area contributed by atoms with E-state index in [9.17, 15) is 4.79 Å². The minimum Gasteiger partial charge on any atom is -0.465 e. The summed E-state index contributed by atoms with van der Waals surface area (Å²) >= 11 is 1.17. The monoisotopic (exact) mass is 229 g/mol. The molecule has 5 nitrogen and oxygen atoms in total. The van der Waals surface area contributed by atoms with Crippen molar-refractivity contribution in [2.24, 2.45) is 5.92 Å². The summed E-state index contributed by atoms with van der Waals surface area (Å²) in [5, 5.41) is 3.80. The minimum absolute atomic E-state index is 0.220. The number of nitrogens with two attached hydrogens (primary N) is 1. The zero-order valence-corrected chi connectivity index (χ0v) is 9.85. The number of anilines is 2. The number of methoxy groups -OCH3 is 1. The molecule has 0 spiro atoms. The zero-order chi connectivity index (χ0) is 11.4. The largest absolute Gasteiger partial charge is 0.465 e. The fourth-order valence-electron chi connectivity index (χ4n) is 1.02. The number of carbonyl (C=O) groups excluding carboxylic acids is 1. The molecular weight excluding hydrogens is 214 g/mol. The molecule has 0 aliphatic heterocycles. The van der Waals surface area contributed by atoms with Crippen molar-refractivity contribution in [2.45, 2.75) is 13.8 Å². The number of aromatic nitrogens is 1. The molecule has 0 unspecified atom stereocenters. The third-order valence-electron chi connectivity index (χ3n) is 1.78. The molecule has 0 fully saturated rings. The smallest absolute Gasteiger partial charge is 0.344 e. The average Bonchev–Trinajstić information content (AvgIpc) is 2.55. The van der Waals surface area contributed by atoms with Crippen molar-refractivity contribution in [2.75, 3.05) is 24.7 Å². The standard InChI is InChI=1S/C9H15N3O2S/c1-5(2)4-11-8-6(9(13)14-3)7(10)12-15-8/h5,11H,4H2,1-3H3,(H2,10,12). The second-order valence-electron chi connectivity index (χ2n) is 3.54. The number of nitrogen functional groups attached to an aromatic ring is 1. The fourth-order valence-corrected chi connectivity index (χ4v) is 1.73. The van der Waals surface area contributed by atoms with Crippen LogP contribution in [-0.4, -0.2) is 24.0 Å². The van der Waals surface area contributed by atoms with Crippen LogP contribution in [-0.2, 0) is 4.74 Å². The van der Waals surface area contributed by atoms with Crippen molar-refractivity contribution in [3.05, 3.63) is 5.56 Å². The lowest BCUT2D eigenvalue weighted by molar-refractivity contribution is 0.0603.